The highest BCUT2D eigenvalue weighted by Crippen LogP contribution is 2.26. The van der Waals surface area contributed by atoms with Crippen molar-refractivity contribution in [3.8, 4) is 0 Å². The summed E-state index contributed by atoms with van der Waals surface area (Å²) in [6.07, 6.45) is 0. The SMILES string of the molecule is Cc1cc(C)c(C)c(NCC(C)CN)c1C. The van der Waals surface area contributed by atoms with Crippen LogP contribution in [0.4, 0.5) is 5.69 Å². The molecule has 2 nitrogen and oxygen atoms in total. The van der Waals surface area contributed by atoms with Crippen LogP contribution in [0.1, 0.15) is 29.2 Å². The van der Waals surface area contributed by atoms with Crippen LogP contribution >= 0.6 is 0 Å². The molecule has 0 spiro atoms. The van der Waals surface area contributed by atoms with E-state index in [9.17, 15) is 0 Å². The molecule has 1 atom stereocenters. The maximum Gasteiger partial charge on any atom is 0.0405 e. The minimum absolute atomic E-state index is 0.514. The van der Waals surface area contributed by atoms with Crippen LogP contribution in [0.15, 0.2) is 6.07 Å². The van der Waals surface area contributed by atoms with E-state index in [1.165, 1.54) is 27.9 Å². The van der Waals surface area contributed by atoms with Gasteiger partial charge in [0.25, 0.3) is 0 Å². The highest BCUT2D eigenvalue weighted by atomic mass is 14.9. The van der Waals surface area contributed by atoms with Crippen molar-refractivity contribution in [1.82, 2.24) is 0 Å². The van der Waals surface area contributed by atoms with Crippen molar-refractivity contribution in [2.24, 2.45) is 11.7 Å². The van der Waals surface area contributed by atoms with Gasteiger partial charge >= 0.3 is 0 Å². The summed E-state index contributed by atoms with van der Waals surface area (Å²) in [5.41, 5.74) is 12.3. The average molecular weight is 220 g/mol. The van der Waals surface area contributed by atoms with Gasteiger partial charge in [-0.1, -0.05) is 13.0 Å². The van der Waals surface area contributed by atoms with Crippen molar-refractivity contribution in [2.45, 2.75) is 34.6 Å². The van der Waals surface area contributed by atoms with Crippen LogP contribution in [0.2, 0.25) is 0 Å². The Kier molecular flexibility index (Phi) is 4.36. The summed E-state index contributed by atoms with van der Waals surface area (Å²) in [6, 6.07) is 2.25. The Morgan fingerprint density at radius 1 is 1.12 bits per heavy atom. The van der Waals surface area contributed by atoms with E-state index < -0.39 is 0 Å². The zero-order chi connectivity index (χ0) is 12.3. The van der Waals surface area contributed by atoms with E-state index in [2.05, 4.69) is 46.0 Å². The Morgan fingerprint density at radius 3 is 2.06 bits per heavy atom. The molecule has 90 valence electrons. The van der Waals surface area contributed by atoms with Crippen LogP contribution in [-0.4, -0.2) is 13.1 Å². The van der Waals surface area contributed by atoms with Gasteiger partial charge in [0.1, 0.15) is 0 Å². The Morgan fingerprint density at radius 2 is 1.62 bits per heavy atom. The minimum atomic E-state index is 0.514. The van der Waals surface area contributed by atoms with E-state index >= 15 is 0 Å². The lowest BCUT2D eigenvalue weighted by atomic mass is 9.98. The summed E-state index contributed by atoms with van der Waals surface area (Å²) in [4.78, 5) is 0. The molecule has 0 aliphatic heterocycles. The van der Waals surface area contributed by atoms with Crippen molar-refractivity contribution in [2.75, 3.05) is 18.4 Å². The van der Waals surface area contributed by atoms with Crippen LogP contribution in [0.5, 0.6) is 0 Å². The predicted octanol–water partition coefficient (Wildman–Crippen LogP) is 2.93. The summed E-state index contributed by atoms with van der Waals surface area (Å²) < 4.78 is 0. The normalized spacial score (nSPS) is 12.6. The molecule has 1 unspecified atom stereocenters. The van der Waals surface area contributed by atoms with Gasteiger partial charge in [-0.05, 0) is 62.4 Å². The summed E-state index contributed by atoms with van der Waals surface area (Å²) in [7, 11) is 0. The quantitative estimate of drug-likeness (QED) is 0.818. The Bertz CT molecular complexity index is 343. The predicted molar refractivity (Wildman–Crippen MR) is 72.1 cm³/mol. The molecule has 0 saturated carbocycles. The van der Waals surface area contributed by atoms with Crippen LogP contribution in [0, 0.1) is 33.6 Å². The second kappa shape index (κ2) is 5.35. The topological polar surface area (TPSA) is 38.0 Å². The van der Waals surface area contributed by atoms with E-state index in [1.54, 1.807) is 0 Å². The van der Waals surface area contributed by atoms with Crippen molar-refractivity contribution in [1.29, 1.82) is 0 Å². The summed E-state index contributed by atoms with van der Waals surface area (Å²) >= 11 is 0. The van der Waals surface area contributed by atoms with Gasteiger partial charge in [0, 0.05) is 12.2 Å². The average Bonchev–Trinajstić information content (AvgIpc) is 2.26. The number of hydrogen-bond donors (Lipinski definition) is 2. The molecule has 0 radical (unpaired) electrons. The number of anilines is 1. The second-order valence-corrected chi connectivity index (χ2v) is 4.86. The smallest absolute Gasteiger partial charge is 0.0405 e. The molecule has 0 aliphatic rings. The first-order valence-corrected chi connectivity index (χ1v) is 5.98. The molecule has 1 aromatic rings. The molecule has 16 heavy (non-hydrogen) atoms. The van der Waals surface area contributed by atoms with Crippen LogP contribution < -0.4 is 11.1 Å². The van der Waals surface area contributed by atoms with Crippen LogP contribution in [0.25, 0.3) is 0 Å². The maximum atomic E-state index is 5.63. The van der Waals surface area contributed by atoms with E-state index in [4.69, 9.17) is 5.73 Å². The van der Waals surface area contributed by atoms with Gasteiger partial charge in [-0.15, -0.1) is 0 Å². The third-order valence-corrected chi connectivity index (χ3v) is 3.40. The number of nitrogens with two attached hydrogens (primary N) is 1. The first kappa shape index (κ1) is 13.0. The van der Waals surface area contributed by atoms with Gasteiger partial charge in [-0.2, -0.15) is 0 Å². The number of aryl methyl sites for hydroxylation is 2. The highest BCUT2D eigenvalue weighted by Gasteiger charge is 2.08. The third kappa shape index (κ3) is 2.76. The van der Waals surface area contributed by atoms with Gasteiger partial charge < -0.3 is 11.1 Å². The molecule has 0 aliphatic carbocycles. The number of nitrogens with one attached hydrogen (secondary N) is 1. The lowest BCUT2D eigenvalue weighted by molar-refractivity contribution is 0.627. The summed E-state index contributed by atoms with van der Waals surface area (Å²) in [6.45, 7) is 12.5. The first-order chi connectivity index (χ1) is 7.47. The van der Waals surface area contributed by atoms with Gasteiger partial charge in [0.2, 0.25) is 0 Å². The Balaban J connectivity index is 2.94. The van der Waals surface area contributed by atoms with E-state index in [-0.39, 0.29) is 0 Å². The lowest BCUT2D eigenvalue weighted by Gasteiger charge is -2.19. The molecule has 1 rings (SSSR count). The van der Waals surface area contributed by atoms with Gasteiger partial charge in [-0.3, -0.25) is 0 Å². The standard InChI is InChI=1S/C14H24N2/c1-9(7-15)8-16-14-12(4)10(2)6-11(3)13(14)5/h6,9,16H,7-8,15H2,1-5H3. The molecule has 0 amide bonds. The molecular weight excluding hydrogens is 196 g/mol. The number of benzene rings is 1. The second-order valence-electron chi connectivity index (χ2n) is 4.86. The van der Waals surface area contributed by atoms with Gasteiger partial charge in [0.05, 0.1) is 0 Å². The van der Waals surface area contributed by atoms with E-state index in [1.807, 2.05) is 0 Å². The van der Waals surface area contributed by atoms with E-state index in [0.29, 0.717) is 5.92 Å². The highest BCUT2D eigenvalue weighted by molar-refractivity contribution is 5.62. The molecule has 2 heteroatoms. The monoisotopic (exact) mass is 220 g/mol. The minimum Gasteiger partial charge on any atom is -0.384 e. The largest absolute Gasteiger partial charge is 0.384 e. The fourth-order valence-corrected chi connectivity index (χ4v) is 1.84. The summed E-state index contributed by atoms with van der Waals surface area (Å²) in [5.74, 6) is 0.514. The molecule has 0 bridgehead atoms. The summed E-state index contributed by atoms with van der Waals surface area (Å²) in [5, 5.41) is 3.53. The van der Waals surface area contributed by atoms with Crippen molar-refractivity contribution >= 4 is 5.69 Å². The molecule has 0 heterocycles. The van der Waals surface area contributed by atoms with Crippen molar-refractivity contribution in [3.63, 3.8) is 0 Å². The van der Waals surface area contributed by atoms with E-state index in [0.717, 1.165) is 13.1 Å². The fourth-order valence-electron chi connectivity index (χ4n) is 1.84. The van der Waals surface area contributed by atoms with Crippen LogP contribution in [0.3, 0.4) is 0 Å². The molecule has 0 aromatic heterocycles. The molecule has 0 fully saturated rings. The third-order valence-electron chi connectivity index (χ3n) is 3.40. The zero-order valence-electron chi connectivity index (χ0n) is 11.1. The fraction of sp³-hybridized carbons (Fsp3) is 0.571. The van der Waals surface area contributed by atoms with Gasteiger partial charge in [-0.25, -0.2) is 0 Å². The van der Waals surface area contributed by atoms with Crippen molar-refractivity contribution < 1.29 is 0 Å². The Labute approximate surface area is 99.2 Å². The number of rotatable bonds is 4. The Hall–Kier alpha value is -1.02. The lowest BCUT2D eigenvalue weighted by Crippen LogP contribution is -2.20. The molecule has 0 saturated heterocycles. The zero-order valence-corrected chi connectivity index (χ0v) is 11.1. The molecular formula is C14H24N2. The van der Waals surface area contributed by atoms with Gasteiger partial charge in [0.15, 0.2) is 0 Å². The molecule has 1 aromatic carbocycles. The van der Waals surface area contributed by atoms with Crippen molar-refractivity contribution in [3.05, 3.63) is 28.3 Å². The molecule has 3 N–H and O–H groups in total. The maximum absolute atomic E-state index is 5.63. The number of hydrogen-bond acceptors (Lipinski definition) is 2. The van der Waals surface area contributed by atoms with Crippen LogP contribution in [-0.2, 0) is 0 Å². The first-order valence-electron chi connectivity index (χ1n) is 5.98.